The third-order valence-corrected chi connectivity index (χ3v) is 4.23. The SMILES string of the molecule is Cc1c(C(=O)N(Cc2ccco2)Cc2ccco2)oc2ccc(F)cc12. The fraction of sp³-hybridized carbons (Fsp3) is 0.150. The van der Waals surface area contributed by atoms with Gasteiger partial charge in [-0.2, -0.15) is 0 Å². The van der Waals surface area contributed by atoms with Gasteiger partial charge in [-0.05, 0) is 49.4 Å². The lowest BCUT2D eigenvalue weighted by molar-refractivity contribution is 0.0674. The predicted octanol–water partition coefficient (Wildman–Crippen LogP) is 4.91. The third kappa shape index (κ3) is 3.01. The molecule has 0 bridgehead atoms. The van der Waals surface area contributed by atoms with Crippen molar-refractivity contribution in [2.75, 3.05) is 0 Å². The Morgan fingerprint density at radius 2 is 1.69 bits per heavy atom. The maximum Gasteiger partial charge on any atom is 0.290 e. The molecule has 0 atom stereocenters. The topological polar surface area (TPSA) is 59.7 Å². The zero-order valence-electron chi connectivity index (χ0n) is 14.1. The lowest BCUT2D eigenvalue weighted by Gasteiger charge is -2.19. The molecular weight excluding hydrogens is 337 g/mol. The summed E-state index contributed by atoms with van der Waals surface area (Å²) in [6.45, 7) is 2.27. The van der Waals surface area contributed by atoms with Gasteiger partial charge in [0.15, 0.2) is 5.76 Å². The molecule has 0 saturated heterocycles. The lowest BCUT2D eigenvalue weighted by Crippen LogP contribution is -2.30. The Labute approximate surface area is 148 Å². The standard InChI is InChI=1S/C20H16FNO4/c1-13-17-10-14(21)6-7-18(17)26-19(13)20(23)22(11-15-4-2-8-24-15)12-16-5-3-9-25-16/h2-10H,11-12H2,1H3. The summed E-state index contributed by atoms with van der Waals surface area (Å²) in [6.07, 6.45) is 3.11. The van der Waals surface area contributed by atoms with Gasteiger partial charge in [-0.3, -0.25) is 4.79 Å². The number of carbonyl (C=O) groups excluding carboxylic acids is 1. The molecule has 0 fully saturated rings. The minimum Gasteiger partial charge on any atom is -0.467 e. The normalized spacial score (nSPS) is 11.2. The first kappa shape index (κ1) is 16.2. The lowest BCUT2D eigenvalue weighted by atomic mass is 10.1. The average Bonchev–Trinajstić information content (AvgIpc) is 3.37. The van der Waals surface area contributed by atoms with Crippen molar-refractivity contribution >= 4 is 16.9 Å². The second-order valence-electron chi connectivity index (χ2n) is 6.02. The smallest absolute Gasteiger partial charge is 0.290 e. The molecule has 3 heterocycles. The van der Waals surface area contributed by atoms with Crippen molar-refractivity contribution in [3.63, 3.8) is 0 Å². The van der Waals surface area contributed by atoms with Crippen molar-refractivity contribution in [1.82, 2.24) is 4.90 Å². The van der Waals surface area contributed by atoms with E-state index in [4.69, 9.17) is 13.3 Å². The summed E-state index contributed by atoms with van der Waals surface area (Å²) in [5.41, 5.74) is 1.08. The van der Waals surface area contributed by atoms with E-state index >= 15 is 0 Å². The molecule has 0 aliphatic rings. The minimum absolute atomic E-state index is 0.184. The number of rotatable bonds is 5. The summed E-state index contributed by atoms with van der Waals surface area (Å²) in [7, 11) is 0. The van der Waals surface area contributed by atoms with E-state index in [1.54, 1.807) is 48.6 Å². The molecule has 4 rings (SSSR count). The van der Waals surface area contributed by atoms with E-state index in [0.717, 1.165) is 0 Å². The first-order chi connectivity index (χ1) is 12.6. The van der Waals surface area contributed by atoms with Crippen LogP contribution in [-0.2, 0) is 13.1 Å². The number of benzene rings is 1. The molecule has 0 N–H and O–H groups in total. The molecule has 5 nitrogen and oxygen atoms in total. The van der Waals surface area contributed by atoms with Gasteiger partial charge in [0.25, 0.3) is 5.91 Å². The zero-order valence-corrected chi connectivity index (χ0v) is 14.1. The highest BCUT2D eigenvalue weighted by Crippen LogP contribution is 2.28. The molecular formula is C20H16FNO4. The van der Waals surface area contributed by atoms with E-state index < -0.39 is 0 Å². The van der Waals surface area contributed by atoms with Crippen LogP contribution in [0.4, 0.5) is 4.39 Å². The second-order valence-corrected chi connectivity index (χ2v) is 6.02. The van der Waals surface area contributed by atoms with E-state index in [1.807, 2.05) is 0 Å². The first-order valence-corrected chi connectivity index (χ1v) is 8.14. The summed E-state index contributed by atoms with van der Waals surface area (Å²) in [5, 5.41) is 0.587. The molecule has 26 heavy (non-hydrogen) atoms. The molecule has 0 aliphatic carbocycles. The van der Waals surface area contributed by atoms with Gasteiger partial charge in [-0.15, -0.1) is 0 Å². The Morgan fingerprint density at radius 1 is 1.04 bits per heavy atom. The van der Waals surface area contributed by atoms with Crippen LogP contribution in [0.2, 0.25) is 0 Å². The van der Waals surface area contributed by atoms with Gasteiger partial charge >= 0.3 is 0 Å². The van der Waals surface area contributed by atoms with Gasteiger partial charge in [0.1, 0.15) is 22.9 Å². The minimum atomic E-state index is -0.372. The van der Waals surface area contributed by atoms with Crippen molar-refractivity contribution in [2.24, 2.45) is 0 Å². The zero-order chi connectivity index (χ0) is 18.1. The van der Waals surface area contributed by atoms with Crippen LogP contribution in [-0.4, -0.2) is 10.8 Å². The Hall–Kier alpha value is -3.28. The number of nitrogens with zero attached hydrogens (tertiary/aromatic N) is 1. The first-order valence-electron chi connectivity index (χ1n) is 8.14. The number of aryl methyl sites for hydroxylation is 1. The van der Waals surface area contributed by atoms with Crippen LogP contribution in [0.1, 0.15) is 27.6 Å². The molecule has 0 radical (unpaired) electrons. The quantitative estimate of drug-likeness (QED) is 0.511. The maximum absolute atomic E-state index is 13.5. The van der Waals surface area contributed by atoms with E-state index in [1.165, 1.54) is 18.2 Å². The fourth-order valence-electron chi connectivity index (χ4n) is 2.92. The van der Waals surface area contributed by atoms with E-state index in [-0.39, 0.29) is 30.6 Å². The monoisotopic (exact) mass is 353 g/mol. The number of carbonyl (C=O) groups is 1. The number of fused-ring (bicyclic) bond motifs is 1. The average molecular weight is 353 g/mol. The van der Waals surface area contributed by atoms with Crippen LogP contribution in [0.3, 0.4) is 0 Å². The Bertz CT molecular complexity index is 995. The van der Waals surface area contributed by atoms with E-state index in [2.05, 4.69) is 0 Å². The molecule has 0 unspecified atom stereocenters. The summed E-state index contributed by atoms with van der Waals surface area (Å²) >= 11 is 0. The van der Waals surface area contributed by atoms with Crippen LogP contribution >= 0.6 is 0 Å². The highest BCUT2D eigenvalue weighted by atomic mass is 19.1. The molecule has 1 amide bonds. The molecule has 132 valence electrons. The highest BCUT2D eigenvalue weighted by molar-refractivity contribution is 5.98. The van der Waals surface area contributed by atoms with Crippen LogP contribution in [0.15, 0.2) is 68.2 Å². The van der Waals surface area contributed by atoms with Crippen molar-refractivity contribution in [3.8, 4) is 0 Å². The van der Waals surface area contributed by atoms with Crippen molar-refractivity contribution in [2.45, 2.75) is 20.0 Å². The van der Waals surface area contributed by atoms with Gasteiger partial charge in [0.2, 0.25) is 0 Å². The number of amides is 1. The Balaban J connectivity index is 1.70. The number of halogens is 1. The largest absolute Gasteiger partial charge is 0.467 e. The Kier molecular flexibility index (Phi) is 4.08. The summed E-state index contributed by atoms with van der Waals surface area (Å²) in [6, 6.07) is 11.3. The molecule has 4 aromatic rings. The van der Waals surface area contributed by atoms with Crippen LogP contribution in [0.25, 0.3) is 11.0 Å². The maximum atomic E-state index is 13.5. The van der Waals surface area contributed by atoms with Crippen LogP contribution < -0.4 is 0 Å². The van der Waals surface area contributed by atoms with E-state index in [0.29, 0.717) is 28.1 Å². The van der Waals surface area contributed by atoms with Gasteiger partial charge in [0.05, 0.1) is 25.6 Å². The highest BCUT2D eigenvalue weighted by Gasteiger charge is 2.25. The number of hydrogen-bond donors (Lipinski definition) is 0. The van der Waals surface area contributed by atoms with Crippen LogP contribution in [0, 0.1) is 12.7 Å². The molecule has 6 heteroatoms. The molecule has 0 spiro atoms. The summed E-state index contributed by atoms with van der Waals surface area (Å²) in [5.74, 6) is 0.786. The predicted molar refractivity (Wildman–Crippen MR) is 91.9 cm³/mol. The Morgan fingerprint density at radius 3 is 2.27 bits per heavy atom. The van der Waals surface area contributed by atoms with Crippen LogP contribution in [0.5, 0.6) is 0 Å². The number of hydrogen-bond acceptors (Lipinski definition) is 4. The van der Waals surface area contributed by atoms with Gasteiger partial charge < -0.3 is 18.2 Å². The molecule has 0 aliphatic heterocycles. The fourth-order valence-corrected chi connectivity index (χ4v) is 2.92. The number of furan rings is 3. The van der Waals surface area contributed by atoms with Gasteiger partial charge in [-0.25, -0.2) is 4.39 Å². The van der Waals surface area contributed by atoms with Gasteiger partial charge in [-0.1, -0.05) is 0 Å². The van der Waals surface area contributed by atoms with Crippen molar-refractivity contribution in [1.29, 1.82) is 0 Å². The summed E-state index contributed by atoms with van der Waals surface area (Å²) < 4.78 is 30.0. The van der Waals surface area contributed by atoms with Crippen molar-refractivity contribution in [3.05, 3.63) is 83.7 Å². The second kappa shape index (κ2) is 6.55. The molecule has 0 saturated carbocycles. The van der Waals surface area contributed by atoms with E-state index in [9.17, 15) is 9.18 Å². The third-order valence-electron chi connectivity index (χ3n) is 4.23. The molecule has 3 aromatic heterocycles. The summed E-state index contributed by atoms with van der Waals surface area (Å²) in [4.78, 5) is 14.7. The van der Waals surface area contributed by atoms with Crippen molar-refractivity contribution < 1.29 is 22.4 Å². The van der Waals surface area contributed by atoms with Gasteiger partial charge in [0, 0.05) is 10.9 Å². The molecule has 1 aromatic carbocycles.